The van der Waals surface area contributed by atoms with Crippen molar-refractivity contribution >= 4 is 34.7 Å². The zero-order chi connectivity index (χ0) is 13.9. The van der Waals surface area contributed by atoms with Crippen molar-refractivity contribution in [3.63, 3.8) is 0 Å². The summed E-state index contributed by atoms with van der Waals surface area (Å²) in [5.74, 6) is -1.08. The molecule has 0 atom stereocenters. The molecule has 0 saturated heterocycles. The van der Waals surface area contributed by atoms with Gasteiger partial charge < -0.3 is 11.1 Å². The van der Waals surface area contributed by atoms with E-state index in [1.54, 1.807) is 0 Å². The van der Waals surface area contributed by atoms with Crippen molar-refractivity contribution < 1.29 is 9.18 Å². The molecule has 1 rings (SSSR count). The summed E-state index contributed by atoms with van der Waals surface area (Å²) in [4.78, 5) is 12.1. The molecule has 1 aromatic rings. The number of rotatable bonds is 4. The van der Waals surface area contributed by atoms with E-state index in [1.165, 1.54) is 18.2 Å². The minimum Gasteiger partial charge on any atom is -0.393 e. The van der Waals surface area contributed by atoms with Gasteiger partial charge in [0, 0.05) is 12.0 Å². The molecular formula is C12H14ClFN2OS. The Hall–Kier alpha value is -1.20. The van der Waals surface area contributed by atoms with Crippen LogP contribution in [0.25, 0.3) is 0 Å². The third-order valence-corrected chi connectivity index (χ3v) is 3.49. The van der Waals surface area contributed by atoms with Gasteiger partial charge in [-0.05, 0) is 12.1 Å². The van der Waals surface area contributed by atoms with Gasteiger partial charge in [-0.2, -0.15) is 0 Å². The summed E-state index contributed by atoms with van der Waals surface area (Å²) >= 11 is 10.6. The Balaban J connectivity index is 2.78. The summed E-state index contributed by atoms with van der Waals surface area (Å²) in [5, 5.41) is 2.44. The zero-order valence-corrected chi connectivity index (χ0v) is 11.7. The van der Waals surface area contributed by atoms with Crippen molar-refractivity contribution in [2.24, 2.45) is 11.1 Å². The fraction of sp³-hybridized carbons (Fsp3) is 0.333. The quantitative estimate of drug-likeness (QED) is 0.837. The molecule has 1 aromatic carbocycles. The largest absolute Gasteiger partial charge is 0.393 e. The van der Waals surface area contributed by atoms with Gasteiger partial charge in [0.05, 0.1) is 15.6 Å². The average Bonchev–Trinajstić information content (AvgIpc) is 2.29. The van der Waals surface area contributed by atoms with Gasteiger partial charge in [-0.25, -0.2) is 4.39 Å². The minimum absolute atomic E-state index is 0.0930. The lowest BCUT2D eigenvalue weighted by molar-refractivity contribution is 0.0944. The number of nitrogens with two attached hydrogens (primary N) is 1. The van der Waals surface area contributed by atoms with Crippen molar-refractivity contribution in [3.05, 3.63) is 34.6 Å². The van der Waals surface area contributed by atoms with E-state index >= 15 is 0 Å². The highest BCUT2D eigenvalue weighted by Crippen LogP contribution is 2.20. The second-order valence-corrected chi connectivity index (χ2v) is 5.35. The van der Waals surface area contributed by atoms with E-state index in [4.69, 9.17) is 29.6 Å². The Bertz CT molecular complexity index is 491. The van der Waals surface area contributed by atoms with Crippen LogP contribution in [-0.2, 0) is 0 Å². The fourth-order valence-electron chi connectivity index (χ4n) is 1.16. The third-order valence-electron chi connectivity index (χ3n) is 2.55. The number of amides is 1. The van der Waals surface area contributed by atoms with Crippen LogP contribution in [0.5, 0.6) is 0 Å². The van der Waals surface area contributed by atoms with Crippen molar-refractivity contribution in [2.75, 3.05) is 6.54 Å². The van der Waals surface area contributed by atoms with E-state index in [0.717, 1.165) is 0 Å². The molecule has 0 bridgehead atoms. The van der Waals surface area contributed by atoms with Gasteiger partial charge in [-0.15, -0.1) is 0 Å². The maximum atomic E-state index is 13.2. The predicted octanol–water partition coefficient (Wildman–Crippen LogP) is 2.52. The molecule has 0 radical (unpaired) electrons. The molecule has 0 unspecified atom stereocenters. The maximum Gasteiger partial charge on any atom is 0.252 e. The first-order valence-electron chi connectivity index (χ1n) is 5.28. The van der Waals surface area contributed by atoms with Gasteiger partial charge in [-0.1, -0.05) is 43.7 Å². The number of carbonyl (C=O) groups is 1. The standard InChI is InChI=1S/C12H14ClFN2OS/c1-12(2,11(15)18)6-16-10(17)7-4-3-5-8(14)9(7)13/h3-5H,6H2,1-2H3,(H2,15,18)(H,16,17). The number of thiocarbonyl (C=S) groups is 1. The second kappa shape index (κ2) is 5.63. The molecule has 0 aliphatic rings. The summed E-state index contributed by atoms with van der Waals surface area (Å²) in [6, 6.07) is 4.07. The molecule has 98 valence electrons. The fourth-order valence-corrected chi connectivity index (χ4v) is 1.45. The highest BCUT2D eigenvalue weighted by Gasteiger charge is 2.23. The van der Waals surface area contributed by atoms with Crippen molar-refractivity contribution in [3.8, 4) is 0 Å². The molecule has 18 heavy (non-hydrogen) atoms. The Morgan fingerprint density at radius 3 is 2.72 bits per heavy atom. The van der Waals surface area contributed by atoms with E-state index in [2.05, 4.69) is 5.32 Å². The molecule has 0 spiro atoms. The van der Waals surface area contributed by atoms with Gasteiger partial charge in [-0.3, -0.25) is 4.79 Å². The van der Waals surface area contributed by atoms with Crippen LogP contribution in [0.1, 0.15) is 24.2 Å². The van der Waals surface area contributed by atoms with E-state index < -0.39 is 17.1 Å². The summed E-state index contributed by atoms with van der Waals surface area (Å²) in [5.41, 5.74) is 5.13. The van der Waals surface area contributed by atoms with E-state index in [0.29, 0.717) is 4.99 Å². The van der Waals surface area contributed by atoms with Gasteiger partial charge >= 0.3 is 0 Å². The van der Waals surface area contributed by atoms with Gasteiger partial charge in [0.25, 0.3) is 5.91 Å². The lowest BCUT2D eigenvalue weighted by Crippen LogP contribution is -2.41. The number of carbonyl (C=O) groups excluding carboxylic acids is 1. The van der Waals surface area contributed by atoms with Crippen molar-refractivity contribution in [2.45, 2.75) is 13.8 Å². The molecule has 3 nitrogen and oxygen atoms in total. The highest BCUT2D eigenvalue weighted by molar-refractivity contribution is 7.80. The predicted molar refractivity (Wildman–Crippen MR) is 74.3 cm³/mol. The Kier molecular flexibility index (Phi) is 4.65. The first-order valence-corrected chi connectivity index (χ1v) is 6.06. The third kappa shape index (κ3) is 3.40. The van der Waals surface area contributed by atoms with Crippen LogP contribution in [0.4, 0.5) is 4.39 Å². The van der Waals surface area contributed by atoms with Crippen LogP contribution < -0.4 is 11.1 Å². The monoisotopic (exact) mass is 288 g/mol. The van der Waals surface area contributed by atoms with Crippen LogP contribution in [0.2, 0.25) is 5.02 Å². The molecule has 0 aromatic heterocycles. The normalized spacial score (nSPS) is 11.1. The molecule has 6 heteroatoms. The molecule has 0 heterocycles. The molecule has 0 fully saturated rings. The topological polar surface area (TPSA) is 55.1 Å². The Labute approximate surface area is 115 Å². The molecule has 0 aliphatic carbocycles. The molecule has 0 saturated carbocycles. The number of nitrogens with one attached hydrogen (secondary N) is 1. The Morgan fingerprint density at radius 2 is 2.17 bits per heavy atom. The first-order chi connectivity index (χ1) is 8.25. The van der Waals surface area contributed by atoms with Crippen LogP contribution in [0.3, 0.4) is 0 Å². The van der Waals surface area contributed by atoms with Crippen molar-refractivity contribution in [1.29, 1.82) is 0 Å². The van der Waals surface area contributed by atoms with E-state index in [9.17, 15) is 9.18 Å². The summed E-state index contributed by atoms with van der Waals surface area (Å²) < 4.78 is 13.2. The lowest BCUT2D eigenvalue weighted by Gasteiger charge is -2.23. The van der Waals surface area contributed by atoms with Crippen LogP contribution in [-0.4, -0.2) is 17.4 Å². The lowest BCUT2D eigenvalue weighted by atomic mass is 9.93. The smallest absolute Gasteiger partial charge is 0.252 e. The highest BCUT2D eigenvalue weighted by atomic mass is 35.5. The van der Waals surface area contributed by atoms with Crippen LogP contribution >= 0.6 is 23.8 Å². The van der Waals surface area contributed by atoms with Crippen molar-refractivity contribution in [1.82, 2.24) is 5.32 Å². The number of benzene rings is 1. The van der Waals surface area contributed by atoms with E-state index in [1.807, 2.05) is 13.8 Å². The molecule has 1 amide bonds. The minimum atomic E-state index is -0.627. The van der Waals surface area contributed by atoms with Crippen LogP contribution in [0.15, 0.2) is 18.2 Å². The summed E-state index contributed by atoms with van der Waals surface area (Å²) in [6.45, 7) is 3.87. The van der Waals surface area contributed by atoms with Gasteiger partial charge in [0.15, 0.2) is 0 Å². The summed E-state index contributed by atoms with van der Waals surface area (Å²) in [6.07, 6.45) is 0. The van der Waals surface area contributed by atoms with Gasteiger partial charge in [0.1, 0.15) is 5.82 Å². The second-order valence-electron chi connectivity index (χ2n) is 4.53. The number of hydrogen-bond acceptors (Lipinski definition) is 2. The molecular weight excluding hydrogens is 275 g/mol. The molecule has 0 aliphatic heterocycles. The first kappa shape index (κ1) is 14.9. The Morgan fingerprint density at radius 1 is 1.56 bits per heavy atom. The summed E-state index contributed by atoms with van der Waals surface area (Å²) in [7, 11) is 0. The number of hydrogen-bond donors (Lipinski definition) is 2. The number of halogens is 2. The van der Waals surface area contributed by atoms with Gasteiger partial charge in [0.2, 0.25) is 0 Å². The maximum absolute atomic E-state index is 13.2. The molecule has 3 N–H and O–H groups in total. The average molecular weight is 289 g/mol. The SMILES string of the molecule is CC(C)(CNC(=O)c1cccc(F)c1Cl)C(N)=S. The van der Waals surface area contributed by atoms with Crippen LogP contribution in [0, 0.1) is 11.2 Å². The van der Waals surface area contributed by atoms with E-state index in [-0.39, 0.29) is 17.1 Å². The zero-order valence-electron chi connectivity index (χ0n) is 10.1.